The van der Waals surface area contributed by atoms with Gasteiger partial charge in [0.25, 0.3) is 0 Å². The zero-order chi connectivity index (χ0) is 25.0. The molecule has 1 fully saturated rings. The van der Waals surface area contributed by atoms with E-state index in [4.69, 9.17) is 9.84 Å². The summed E-state index contributed by atoms with van der Waals surface area (Å²) in [5.41, 5.74) is -0.0126. The molecular weight excluding hydrogens is 446 g/mol. The molecule has 10 heteroatoms. The molecule has 0 spiro atoms. The summed E-state index contributed by atoms with van der Waals surface area (Å²) in [7, 11) is 0. The van der Waals surface area contributed by atoms with Gasteiger partial charge in [0.2, 0.25) is 5.91 Å². The summed E-state index contributed by atoms with van der Waals surface area (Å²) in [6.45, 7) is 11.0. The number of nitrogens with one attached hydrogen (secondary N) is 2. The van der Waals surface area contributed by atoms with Crippen LogP contribution in [0, 0.1) is 5.41 Å². The van der Waals surface area contributed by atoms with Crippen molar-refractivity contribution in [1.29, 1.82) is 0 Å². The van der Waals surface area contributed by atoms with E-state index in [0.29, 0.717) is 17.0 Å². The number of hydrogen-bond donors (Lipinski definition) is 3. The van der Waals surface area contributed by atoms with Gasteiger partial charge in [0, 0.05) is 11.4 Å². The average molecular weight is 480 g/mol. The molecule has 3 amide bonds. The van der Waals surface area contributed by atoms with Crippen molar-refractivity contribution >= 4 is 41.3 Å². The maximum Gasteiger partial charge on any atom is 0.330 e. The number of thioether (sulfide) groups is 1. The molecule has 9 nitrogen and oxygen atoms in total. The lowest BCUT2D eigenvalue weighted by Gasteiger charge is -2.36. The molecule has 1 saturated heterocycles. The van der Waals surface area contributed by atoms with Crippen molar-refractivity contribution in [1.82, 2.24) is 10.2 Å². The number of urea groups is 1. The number of esters is 1. The van der Waals surface area contributed by atoms with Crippen molar-refractivity contribution in [3.63, 3.8) is 0 Å². The highest BCUT2D eigenvalue weighted by Crippen LogP contribution is 2.41. The summed E-state index contributed by atoms with van der Waals surface area (Å²) in [5, 5.41) is 13.8. The van der Waals surface area contributed by atoms with E-state index in [1.807, 2.05) is 20.8 Å². The number of carbonyl (C=O) groups is 4. The minimum atomic E-state index is -0.973. The number of benzene rings is 1. The third-order valence-electron chi connectivity index (χ3n) is 4.65. The fourth-order valence-corrected chi connectivity index (χ4v) is 4.97. The number of ether oxygens (including phenoxy) is 1. The topological polar surface area (TPSA) is 125 Å². The molecule has 0 radical (unpaired) electrons. The summed E-state index contributed by atoms with van der Waals surface area (Å²) in [5.74, 6) is -1.40. The van der Waals surface area contributed by atoms with Gasteiger partial charge in [0.1, 0.15) is 11.6 Å². The van der Waals surface area contributed by atoms with Gasteiger partial charge in [-0.05, 0) is 43.9 Å². The normalized spacial score (nSPS) is 18.5. The van der Waals surface area contributed by atoms with E-state index in [-0.39, 0.29) is 29.7 Å². The van der Waals surface area contributed by atoms with Gasteiger partial charge in [-0.15, -0.1) is 11.8 Å². The van der Waals surface area contributed by atoms with Crippen LogP contribution in [0.5, 0.6) is 0 Å². The second kappa shape index (κ2) is 10.5. The van der Waals surface area contributed by atoms with E-state index in [2.05, 4.69) is 10.6 Å². The van der Waals surface area contributed by atoms with Crippen LogP contribution in [0.2, 0.25) is 0 Å². The number of rotatable bonds is 6. The monoisotopic (exact) mass is 479 g/mol. The predicted molar refractivity (Wildman–Crippen MR) is 127 cm³/mol. The van der Waals surface area contributed by atoms with Crippen LogP contribution in [0.15, 0.2) is 24.3 Å². The molecular formula is C23H33N3O6S. The van der Waals surface area contributed by atoms with Gasteiger partial charge >= 0.3 is 18.0 Å². The number of hydrogen-bond acceptors (Lipinski definition) is 6. The van der Waals surface area contributed by atoms with E-state index in [1.165, 1.54) is 16.7 Å². The Balaban J connectivity index is 2.06. The molecule has 2 atom stereocenters. The maximum absolute atomic E-state index is 13.1. The van der Waals surface area contributed by atoms with Gasteiger partial charge < -0.3 is 25.4 Å². The van der Waals surface area contributed by atoms with Crippen LogP contribution in [0.3, 0.4) is 0 Å². The summed E-state index contributed by atoms with van der Waals surface area (Å²) in [4.78, 5) is 50.6. The Kier molecular flexibility index (Phi) is 8.40. The van der Waals surface area contributed by atoms with Crippen molar-refractivity contribution in [3.05, 3.63) is 29.8 Å². The van der Waals surface area contributed by atoms with Crippen LogP contribution in [-0.4, -0.2) is 63.2 Å². The predicted octanol–water partition coefficient (Wildman–Crippen LogP) is 3.09. The molecule has 1 aromatic carbocycles. The zero-order valence-corrected chi connectivity index (χ0v) is 20.7. The van der Waals surface area contributed by atoms with E-state index >= 15 is 0 Å². The standard InChI is InChI=1S/C23H33N3O6S/c1-22(2,3)20-26(16(13-33-20)19(30)32-23(4,5)6)17(27)12-24-21(31)25-15-9-7-8-14(10-15)11-18(28)29/h7-10,16,20H,11-13H2,1-6H3,(H,28,29)(H2,24,25,31). The fraction of sp³-hybridized carbons (Fsp3) is 0.565. The third-order valence-corrected chi connectivity index (χ3v) is 6.41. The lowest BCUT2D eigenvalue weighted by molar-refractivity contribution is -0.164. The highest BCUT2D eigenvalue weighted by Gasteiger charge is 2.47. The number of aliphatic carboxylic acids is 1. The largest absolute Gasteiger partial charge is 0.481 e. The number of carbonyl (C=O) groups excluding carboxylic acids is 3. The molecule has 2 unspecified atom stereocenters. The van der Waals surface area contributed by atoms with Crippen molar-refractivity contribution in [2.24, 2.45) is 5.41 Å². The highest BCUT2D eigenvalue weighted by atomic mass is 32.2. The lowest BCUT2D eigenvalue weighted by atomic mass is 9.94. The molecule has 0 aliphatic carbocycles. The molecule has 1 aliphatic heterocycles. The van der Waals surface area contributed by atoms with Gasteiger partial charge in [-0.1, -0.05) is 32.9 Å². The minimum absolute atomic E-state index is 0.164. The Labute approximate surface area is 198 Å². The van der Waals surface area contributed by atoms with Crippen molar-refractivity contribution in [2.45, 2.75) is 65.0 Å². The Bertz CT molecular complexity index is 906. The van der Waals surface area contributed by atoms with Crippen LogP contribution in [0.25, 0.3) is 0 Å². The van der Waals surface area contributed by atoms with Gasteiger partial charge in [-0.25, -0.2) is 9.59 Å². The quantitative estimate of drug-likeness (QED) is 0.536. The fourth-order valence-electron chi connectivity index (χ4n) is 3.39. The number of carboxylic acids is 1. The van der Waals surface area contributed by atoms with E-state index in [1.54, 1.807) is 45.0 Å². The first kappa shape index (κ1) is 26.5. The summed E-state index contributed by atoms with van der Waals surface area (Å²) in [6.07, 6.45) is -0.164. The molecule has 0 bridgehead atoms. The second-order valence-corrected chi connectivity index (χ2v) is 11.1. The first-order valence-electron chi connectivity index (χ1n) is 10.7. The van der Waals surface area contributed by atoms with Crippen LogP contribution >= 0.6 is 11.8 Å². The van der Waals surface area contributed by atoms with Crippen LogP contribution in [0.1, 0.15) is 47.1 Å². The molecule has 3 N–H and O–H groups in total. The van der Waals surface area contributed by atoms with E-state index in [0.717, 1.165) is 0 Å². The smallest absolute Gasteiger partial charge is 0.330 e. The summed E-state index contributed by atoms with van der Waals surface area (Å²) in [6, 6.07) is 5.13. The molecule has 0 aromatic heterocycles. The number of carboxylic acid groups (broad SMARTS) is 1. The van der Waals surface area contributed by atoms with Crippen molar-refractivity contribution in [3.8, 4) is 0 Å². The SMILES string of the molecule is CC(C)(C)OC(=O)C1CSC(C(C)(C)C)N1C(=O)CNC(=O)Nc1cccc(CC(=O)O)c1. The van der Waals surface area contributed by atoms with Gasteiger partial charge in [0.05, 0.1) is 18.3 Å². The number of anilines is 1. The van der Waals surface area contributed by atoms with Gasteiger partial charge in [0.15, 0.2) is 0 Å². The average Bonchev–Trinajstić information content (AvgIpc) is 3.10. The molecule has 2 rings (SSSR count). The summed E-state index contributed by atoms with van der Waals surface area (Å²) < 4.78 is 5.52. The number of nitrogens with zero attached hydrogens (tertiary/aromatic N) is 1. The zero-order valence-electron chi connectivity index (χ0n) is 19.9. The van der Waals surface area contributed by atoms with Crippen molar-refractivity contribution < 1.29 is 29.0 Å². The maximum atomic E-state index is 13.1. The van der Waals surface area contributed by atoms with Crippen LogP contribution < -0.4 is 10.6 Å². The van der Waals surface area contributed by atoms with Gasteiger partial charge in [-0.3, -0.25) is 9.59 Å². The summed E-state index contributed by atoms with van der Waals surface area (Å²) >= 11 is 1.52. The van der Waals surface area contributed by atoms with Crippen LogP contribution in [-0.2, 0) is 25.5 Å². The molecule has 1 aliphatic rings. The molecule has 1 aromatic rings. The van der Waals surface area contributed by atoms with Gasteiger partial charge in [-0.2, -0.15) is 0 Å². The Morgan fingerprint density at radius 1 is 1.15 bits per heavy atom. The van der Waals surface area contributed by atoms with Crippen LogP contribution in [0.4, 0.5) is 10.5 Å². The number of amides is 3. The Morgan fingerprint density at radius 2 is 1.82 bits per heavy atom. The highest BCUT2D eigenvalue weighted by molar-refractivity contribution is 8.00. The second-order valence-electron chi connectivity index (χ2n) is 9.98. The van der Waals surface area contributed by atoms with Crippen molar-refractivity contribution in [2.75, 3.05) is 17.6 Å². The Morgan fingerprint density at radius 3 is 2.39 bits per heavy atom. The third kappa shape index (κ3) is 7.96. The molecule has 182 valence electrons. The molecule has 33 heavy (non-hydrogen) atoms. The first-order valence-corrected chi connectivity index (χ1v) is 11.7. The van der Waals surface area contributed by atoms with E-state index in [9.17, 15) is 19.2 Å². The molecule has 1 heterocycles. The Hall–Kier alpha value is -2.75. The van der Waals surface area contributed by atoms with E-state index < -0.39 is 29.6 Å². The minimum Gasteiger partial charge on any atom is -0.481 e. The lowest BCUT2D eigenvalue weighted by Crippen LogP contribution is -2.53. The first-order chi connectivity index (χ1) is 15.2. The molecule has 0 saturated carbocycles.